The zero-order chi connectivity index (χ0) is 21.6. The number of rotatable bonds is 7. The highest BCUT2D eigenvalue weighted by Gasteiger charge is 2.30. The van der Waals surface area contributed by atoms with Crippen LogP contribution in [0.4, 0.5) is 0 Å². The molecule has 1 aromatic heterocycles. The van der Waals surface area contributed by atoms with E-state index in [9.17, 15) is 4.79 Å². The minimum absolute atomic E-state index is 0.179. The number of nitrogens with zero attached hydrogens (tertiary/aromatic N) is 5. The van der Waals surface area contributed by atoms with Gasteiger partial charge in [0.25, 0.3) is 0 Å². The minimum atomic E-state index is -0.179. The minimum Gasteiger partial charge on any atom is -0.339 e. The van der Waals surface area contributed by atoms with Crippen molar-refractivity contribution in [2.45, 2.75) is 81.8 Å². The highest BCUT2D eigenvalue weighted by molar-refractivity contribution is 8.00. The maximum atomic E-state index is 13.3. The van der Waals surface area contributed by atoms with Crippen molar-refractivity contribution in [3.63, 3.8) is 0 Å². The number of carbonyl (C=O) groups is 1. The Hall–Kier alpha value is -1.86. The monoisotopic (exact) mass is 441 g/mol. The van der Waals surface area contributed by atoms with E-state index in [-0.39, 0.29) is 11.2 Å². The van der Waals surface area contributed by atoms with Gasteiger partial charge in [-0.25, -0.2) is 0 Å². The molecule has 2 aliphatic heterocycles. The van der Waals surface area contributed by atoms with Crippen molar-refractivity contribution in [3.8, 4) is 5.69 Å². The van der Waals surface area contributed by atoms with Crippen LogP contribution in [-0.4, -0.2) is 61.4 Å². The molecule has 1 aromatic carbocycles. The lowest BCUT2D eigenvalue weighted by molar-refractivity contribution is -0.134. The van der Waals surface area contributed by atoms with Gasteiger partial charge in [-0.15, -0.1) is 10.2 Å². The van der Waals surface area contributed by atoms with Crippen LogP contribution in [0, 0.1) is 0 Å². The Morgan fingerprint density at radius 3 is 2.55 bits per heavy atom. The Labute approximate surface area is 190 Å². The van der Waals surface area contributed by atoms with Crippen molar-refractivity contribution in [3.05, 3.63) is 36.2 Å². The number of carbonyl (C=O) groups excluding carboxylic acids is 1. The highest BCUT2D eigenvalue weighted by Crippen LogP contribution is 2.29. The van der Waals surface area contributed by atoms with Gasteiger partial charge in [0.15, 0.2) is 11.0 Å². The maximum absolute atomic E-state index is 13.3. The molecule has 2 saturated heterocycles. The molecule has 0 unspecified atom stereocenters. The van der Waals surface area contributed by atoms with Gasteiger partial charge in [-0.05, 0) is 70.7 Å². The molecule has 2 atom stereocenters. The molecule has 31 heavy (non-hydrogen) atoms. The van der Waals surface area contributed by atoms with Crippen LogP contribution in [0.5, 0.6) is 0 Å². The molecule has 2 aliphatic rings. The van der Waals surface area contributed by atoms with Crippen LogP contribution < -0.4 is 0 Å². The Balaban J connectivity index is 1.55. The Kier molecular flexibility index (Phi) is 7.67. The third-order valence-electron chi connectivity index (χ3n) is 6.54. The maximum Gasteiger partial charge on any atom is 0.236 e. The quantitative estimate of drug-likeness (QED) is 0.591. The summed E-state index contributed by atoms with van der Waals surface area (Å²) in [5.41, 5.74) is 1.06. The second-order valence-corrected chi connectivity index (χ2v) is 10.1. The van der Waals surface area contributed by atoms with Gasteiger partial charge >= 0.3 is 0 Å². The first-order chi connectivity index (χ1) is 15.2. The summed E-state index contributed by atoms with van der Waals surface area (Å²) in [6, 6.07) is 10.7. The smallest absolute Gasteiger partial charge is 0.236 e. The molecule has 1 amide bonds. The largest absolute Gasteiger partial charge is 0.339 e. The fourth-order valence-corrected chi connectivity index (χ4v) is 5.75. The molecule has 0 spiro atoms. The van der Waals surface area contributed by atoms with E-state index >= 15 is 0 Å². The van der Waals surface area contributed by atoms with Crippen molar-refractivity contribution < 1.29 is 4.79 Å². The molecule has 2 fully saturated rings. The van der Waals surface area contributed by atoms with Gasteiger partial charge in [0.1, 0.15) is 0 Å². The lowest BCUT2D eigenvalue weighted by Crippen LogP contribution is -2.46. The van der Waals surface area contributed by atoms with Crippen LogP contribution in [0.3, 0.4) is 0 Å². The van der Waals surface area contributed by atoms with Gasteiger partial charge < -0.3 is 4.90 Å². The average Bonchev–Trinajstić information content (AvgIpc) is 3.21. The van der Waals surface area contributed by atoms with E-state index in [1.807, 2.05) is 25.1 Å². The Morgan fingerprint density at radius 2 is 1.81 bits per heavy atom. The van der Waals surface area contributed by atoms with Crippen LogP contribution >= 0.6 is 11.8 Å². The molecule has 4 rings (SSSR count). The van der Waals surface area contributed by atoms with Gasteiger partial charge in [0, 0.05) is 18.3 Å². The molecule has 168 valence electrons. The average molecular weight is 442 g/mol. The fourth-order valence-electron chi connectivity index (χ4n) is 4.79. The molecule has 2 aromatic rings. The number of para-hydroxylation sites is 1. The molecule has 0 aliphatic carbocycles. The number of hydrogen-bond donors (Lipinski definition) is 0. The number of amides is 1. The lowest BCUT2D eigenvalue weighted by atomic mass is 10.00. The standard InChI is InChI=1S/C24H35N5OS/c1-3-20-12-8-11-17-28(20)23(30)19(2)31-24-26-25-22(18-27-15-9-5-10-16-27)29(24)21-13-6-4-7-14-21/h4,6-7,13-14,19-20H,3,5,8-12,15-18H2,1-2H3/t19-,20+/m0/s1. The van der Waals surface area contributed by atoms with Gasteiger partial charge in [0.2, 0.25) is 5.91 Å². The summed E-state index contributed by atoms with van der Waals surface area (Å²) in [4.78, 5) is 17.9. The molecule has 3 heterocycles. The fraction of sp³-hybridized carbons (Fsp3) is 0.625. The summed E-state index contributed by atoms with van der Waals surface area (Å²) in [6.45, 7) is 8.12. The van der Waals surface area contributed by atoms with Gasteiger partial charge in [0.05, 0.1) is 11.8 Å². The molecular weight excluding hydrogens is 406 g/mol. The predicted octanol–water partition coefficient (Wildman–Crippen LogP) is 4.52. The van der Waals surface area contributed by atoms with Crippen molar-refractivity contribution in [1.29, 1.82) is 0 Å². The van der Waals surface area contributed by atoms with E-state index in [0.717, 1.165) is 62.1 Å². The summed E-state index contributed by atoms with van der Waals surface area (Å²) in [7, 11) is 0. The number of aromatic nitrogens is 3. The van der Waals surface area contributed by atoms with Crippen molar-refractivity contribution in [2.75, 3.05) is 19.6 Å². The summed E-state index contributed by atoms with van der Waals surface area (Å²) < 4.78 is 2.15. The second kappa shape index (κ2) is 10.6. The first-order valence-corrected chi connectivity index (χ1v) is 12.7. The predicted molar refractivity (Wildman–Crippen MR) is 125 cm³/mol. The van der Waals surface area contributed by atoms with Crippen LogP contribution in [0.2, 0.25) is 0 Å². The molecule has 0 saturated carbocycles. The van der Waals surface area contributed by atoms with Crippen LogP contribution in [0.15, 0.2) is 35.5 Å². The molecule has 0 N–H and O–H groups in total. The zero-order valence-corrected chi connectivity index (χ0v) is 19.7. The number of hydrogen-bond acceptors (Lipinski definition) is 5. The topological polar surface area (TPSA) is 54.3 Å². The van der Waals surface area contributed by atoms with E-state index in [1.54, 1.807) is 11.8 Å². The normalized spacial score (nSPS) is 21.2. The van der Waals surface area contributed by atoms with Crippen LogP contribution in [0.1, 0.15) is 64.6 Å². The van der Waals surface area contributed by atoms with E-state index < -0.39 is 0 Å². The van der Waals surface area contributed by atoms with E-state index in [0.29, 0.717) is 6.04 Å². The van der Waals surface area contributed by atoms with Gasteiger partial charge in [-0.3, -0.25) is 14.3 Å². The molecule has 0 bridgehead atoms. The van der Waals surface area contributed by atoms with Gasteiger partial charge in [-0.1, -0.05) is 43.3 Å². The SMILES string of the molecule is CC[C@@H]1CCCCN1C(=O)[C@H](C)Sc1nnc(CN2CCCCC2)n1-c1ccccc1. The summed E-state index contributed by atoms with van der Waals surface area (Å²) in [5.74, 6) is 1.19. The van der Waals surface area contributed by atoms with Crippen molar-refractivity contribution >= 4 is 17.7 Å². The number of thioether (sulfide) groups is 1. The first-order valence-electron chi connectivity index (χ1n) is 11.9. The van der Waals surface area contributed by atoms with Gasteiger partial charge in [-0.2, -0.15) is 0 Å². The molecule has 6 nitrogen and oxygen atoms in total. The third kappa shape index (κ3) is 5.32. The summed E-state index contributed by atoms with van der Waals surface area (Å²) in [6.07, 6.45) is 8.31. The van der Waals surface area contributed by atoms with Crippen LogP contribution in [-0.2, 0) is 11.3 Å². The zero-order valence-electron chi connectivity index (χ0n) is 18.9. The molecule has 7 heteroatoms. The number of benzene rings is 1. The summed E-state index contributed by atoms with van der Waals surface area (Å²) in [5, 5.41) is 9.74. The summed E-state index contributed by atoms with van der Waals surface area (Å²) >= 11 is 1.54. The van der Waals surface area contributed by atoms with E-state index in [4.69, 9.17) is 0 Å². The highest BCUT2D eigenvalue weighted by atomic mass is 32.2. The lowest BCUT2D eigenvalue weighted by Gasteiger charge is -2.36. The van der Waals surface area contributed by atoms with Crippen molar-refractivity contribution in [1.82, 2.24) is 24.6 Å². The van der Waals surface area contributed by atoms with Crippen LogP contribution in [0.25, 0.3) is 5.69 Å². The second-order valence-electron chi connectivity index (χ2n) is 8.76. The Bertz CT molecular complexity index is 849. The number of likely N-dealkylation sites (tertiary alicyclic amines) is 2. The van der Waals surface area contributed by atoms with Crippen molar-refractivity contribution in [2.24, 2.45) is 0 Å². The van der Waals surface area contributed by atoms with E-state index in [2.05, 4.69) is 43.6 Å². The Morgan fingerprint density at radius 1 is 1.06 bits per heavy atom. The third-order valence-corrected chi connectivity index (χ3v) is 7.57. The molecule has 0 radical (unpaired) electrons. The molecular formula is C24H35N5OS. The van der Waals surface area contributed by atoms with E-state index in [1.165, 1.54) is 25.7 Å². The first kappa shape index (κ1) is 22.3. The number of piperidine rings is 2.